The third-order valence-electron chi connectivity index (χ3n) is 10.3. The molecule has 9 atom stereocenters. The molecule has 2 saturated heterocycles. The number of carbonyl (C=O) groups excluding carboxylic acids is 1. The number of hydrogen-bond acceptors (Lipinski definition) is 4. The molecule has 0 aromatic heterocycles. The summed E-state index contributed by atoms with van der Waals surface area (Å²) in [6.45, 7) is 7.12. The number of aliphatic hydroxyl groups is 1. The number of aliphatic hydroxyl groups excluding tert-OH is 1. The molecule has 6 aliphatic rings. The number of methoxy groups -OCH3 is 1. The summed E-state index contributed by atoms with van der Waals surface area (Å²) < 4.78 is 5.29. The molecule has 0 radical (unpaired) electrons. The van der Waals surface area contributed by atoms with Gasteiger partial charge in [-0.1, -0.05) is 25.0 Å². The van der Waals surface area contributed by atoms with Gasteiger partial charge in [0.05, 0.1) is 19.1 Å². The van der Waals surface area contributed by atoms with E-state index < -0.39 is 0 Å². The van der Waals surface area contributed by atoms with E-state index in [1.165, 1.54) is 25.8 Å². The number of nitrogens with zero attached hydrogens (tertiary/aromatic N) is 1. The minimum atomic E-state index is -0.240. The number of hydrogen-bond donors (Lipinski definition) is 1. The van der Waals surface area contributed by atoms with E-state index in [1.54, 1.807) is 18.3 Å². The molecule has 4 nitrogen and oxygen atoms in total. The number of piperidine rings is 1. The van der Waals surface area contributed by atoms with Crippen LogP contribution in [0.3, 0.4) is 0 Å². The number of rotatable bonds is 1. The van der Waals surface area contributed by atoms with Crippen LogP contribution in [0, 0.1) is 40.4 Å². The van der Waals surface area contributed by atoms with Crippen LogP contribution in [-0.2, 0) is 9.53 Å². The maximum atomic E-state index is 12.8. The molecular weight excluding hydrogens is 338 g/mol. The lowest BCUT2D eigenvalue weighted by Gasteiger charge is -2.67. The zero-order chi connectivity index (χ0) is 18.7. The molecule has 0 amide bonds. The Balaban J connectivity index is 1.62. The van der Waals surface area contributed by atoms with Crippen LogP contribution in [0.5, 0.6) is 0 Å². The fourth-order valence-electron chi connectivity index (χ4n) is 9.36. The Morgan fingerprint density at radius 3 is 2.81 bits per heavy atom. The van der Waals surface area contributed by atoms with Crippen LogP contribution in [0.1, 0.15) is 52.4 Å². The van der Waals surface area contributed by atoms with Gasteiger partial charge in [-0.2, -0.15) is 0 Å². The third kappa shape index (κ3) is 1.69. The topological polar surface area (TPSA) is 49.8 Å². The van der Waals surface area contributed by atoms with Gasteiger partial charge < -0.3 is 9.84 Å². The van der Waals surface area contributed by atoms with E-state index in [2.05, 4.69) is 18.7 Å². The maximum Gasteiger partial charge on any atom is 0.309 e. The predicted molar refractivity (Wildman–Crippen MR) is 102 cm³/mol. The van der Waals surface area contributed by atoms with Crippen LogP contribution < -0.4 is 0 Å². The summed E-state index contributed by atoms with van der Waals surface area (Å²) >= 11 is 0. The molecule has 6 rings (SSSR count). The second-order valence-electron chi connectivity index (χ2n) is 10.8. The monoisotopic (exact) mass is 371 g/mol. The van der Waals surface area contributed by atoms with E-state index in [4.69, 9.17) is 4.74 Å². The van der Waals surface area contributed by atoms with Gasteiger partial charge >= 0.3 is 5.97 Å². The Morgan fingerprint density at radius 1 is 1.26 bits per heavy atom. The van der Waals surface area contributed by atoms with Crippen LogP contribution in [0.15, 0.2) is 11.1 Å². The first-order valence-corrected chi connectivity index (χ1v) is 11.2. The van der Waals surface area contributed by atoms with Crippen molar-refractivity contribution < 1.29 is 14.6 Å². The van der Waals surface area contributed by atoms with E-state index in [0.717, 1.165) is 25.8 Å². The molecule has 2 aliphatic heterocycles. The molecule has 1 spiro atoms. The van der Waals surface area contributed by atoms with Gasteiger partial charge in [0.2, 0.25) is 0 Å². The van der Waals surface area contributed by atoms with Gasteiger partial charge in [0.25, 0.3) is 0 Å². The maximum absolute atomic E-state index is 12.8. The van der Waals surface area contributed by atoms with Gasteiger partial charge in [0.1, 0.15) is 0 Å². The number of allylic oxidation sites excluding steroid dienone is 1. The predicted octanol–water partition coefficient (Wildman–Crippen LogP) is 3.00. The van der Waals surface area contributed by atoms with Gasteiger partial charge in [-0.05, 0) is 62.2 Å². The van der Waals surface area contributed by atoms with E-state index in [0.29, 0.717) is 29.7 Å². The van der Waals surface area contributed by atoms with Crippen molar-refractivity contribution >= 4 is 5.97 Å². The van der Waals surface area contributed by atoms with Crippen molar-refractivity contribution in [3.63, 3.8) is 0 Å². The molecule has 9 unspecified atom stereocenters. The molecular formula is C23H33NO3. The van der Waals surface area contributed by atoms with Crippen LogP contribution in [0.4, 0.5) is 0 Å². The normalized spacial score (nSPS) is 55.5. The van der Waals surface area contributed by atoms with E-state index >= 15 is 0 Å². The lowest BCUT2D eigenvalue weighted by Crippen LogP contribution is -2.70. The molecule has 4 fully saturated rings. The quantitative estimate of drug-likeness (QED) is 0.569. The molecule has 1 N–H and O–H groups in total. The van der Waals surface area contributed by atoms with Crippen LogP contribution >= 0.6 is 0 Å². The summed E-state index contributed by atoms with van der Waals surface area (Å²) in [5.74, 6) is 2.11. The summed E-state index contributed by atoms with van der Waals surface area (Å²) in [5, 5.41) is 11.6. The zero-order valence-electron chi connectivity index (χ0n) is 16.9. The van der Waals surface area contributed by atoms with Gasteiger partial charge in [0, 0.05) is 30.0 Å². The molecule has 27 heavy (non-hydrogen) atoms. The first-order valence-electron chi connectivity index (χ1n) is 11.2. The van der Waals surface area contributed by atoms with Gasteiger partial charge in [0.15, 0.2) is 0 Å². The Labute approximate surface area is 162 Å². The van der Waals surface area contributed by atoms with Crippen LogP contribution in [-0.4, -0.2) is 48.3 Å². The van der Waals surface area contributed by atoms with E-state index in [-0.39, 0.29) is 28.8 Å². The summed E-state index contributed by atoms with van der Waals surface area (Å²) in [6, 6.07) is 0.524. The Kier molecular flexibility index (Phi) is 3.27. The molecule has 4 bridgehead atoms. The average Bonchev–Trinajstić information content (AvgIpc) is 3.28. The summed E-state index contributed by atoms with van der Waals surface area (Å²) in [6.07, 6.45) is 6.32. The van der Waals surface area contributed by atoms with Crippen molar-refractivity contribution in [2.45, 2.75) is 64.5 Å². The highest BCUT2D eigenvalue weighted by molar-refractivity contribution is 5.75. The van der Waals surface area contributed by atoms with E-state index in [1.807, 2.05) is 0 Å². The number of carbonyl (C=O) groups is 1. The van der Waals surface area contributed by atoms with E-state index in [9.17, 15) is 9.90 Å². The van der Waals surface area contributed by atoms with Gasteiger partial charge in [-0.3, -0.25) is 9.69 Å². The molecule has 0 aromatic carbocycles. The molecule has 0 aromatic rings. The molecule has 148 valence electrons. The average molecular weight is 372 g/mol. The number of ether oxygens (including phenoxy) is 1. The lowest BCUT2D eigenvalue weighted by molar-refractivity contribution is -0.200. The van der Waals surface area contributed by atoms with Crippen molar-refractivity contribution in [1.82, 2.24) is 4.90 Å². The molecule has 2 saturated carbocycles. The Hall–Kier alpha value is -0.870. The molecule has 4 aliphatic carbocycles. The van der Waals surface area contributed by atoms with Crippen LogP contribution in [0.2, 0.25) is 0 Å². The van der Waals surface area contributed by atoms with Crippen molar-refractivity contribution in [3.8, 4) is 0 Å². The SMILES string of the molecule is COC(=O)C1CC23C4=C(CCC41)CCC1CN4CC(C)C(CC(O)C12C)C43. The highest BCUT2D eigenvalue weighted by atomic mass is 16.5. The zero-order valence-corrected chi connectivity index (χ0v) is 16.9. The Morgan fingerprint density at radius 2 is 2.04 bits per heavy atom. The van der Waals surface area contributed by atoms with Crippen LogP contribution in [0.25, 0.3) is 0 Å². The molecule has 2 heterocycles. The summed E-state index contributed by atoms with van der Waals surface area (Å²) in [7, 11) is 1.55. The Bertz CT molecular complexity index is 746. The second-order valence-corrected chi connectivity index (χ2v) is 10.8. The standard InChI is InChI=1S/C23H33NO3/c1-12-10-24-11-14-6-4-13-5-7-15-17(21(26)27-3)9-23(19(13)15)20(24)16(12)8-18(25)22(14,23)2/h12,14-18,20,25H,4-11H2,1-3H3. The van der Waals surface area contributed by atoms with Crippen molar-refractivity contribution in [2.24, 2.45) is 40.4 Å². The van der Waals surface area contributed by atoms with Crippen molar-refractivity contribution in [3.05, 3.63) is 11.1 Å². The van der Waals surface area contributed by atoms with Crippen molar-refractivity contribution in [2.75, 3.05) is 20.2 Å². The second kappa shape index (κ2) is 5.18. The lowest BCUT2D eigenvalue weighted by atomic mass is 9.43. The first-order chi connectivity index (χ1) is 12.9. The largest absolute Gasteiger partial charge is 0.469 e. The smallest absolute Gasteiger partial charge is 0.309 e. The third-order valence-corrected chi connectivity index (χ3v) is 10.3. The van der Waals surface area contributed by atoms with Gasteiger partial charge in [-0.25, -0.2) is 0 Å². The molecule has 4 heteroatoms. The minimum absolute atomic E-state index is 0.00220. The summed E-state index contributed by atoms with van der Waals surface area (Å²) in [4.78, 5) is 15.6. The summed E-state index contributed by atoms with van der Waals surface area (Å²) in [5.41, 5.74) is 3.20. The highest BCUT2D eigenvalue weighted by Crippen LogP contribution is 2.76. The highest BCUT2D eigenvalue weighted by Gasteiger charge is 2.76. The fraction of sp³-hybridized carbons (Fsp3) is 0.870. The first kappa shape index (κ1) is 17.0. The fourth-order valence-corrected chi connectivity index (χ4v) is 9.36. The minimum Gasteiger partial charge on any atom is -0.469 e. The number of esters is 1. The van der Waals surface area contributed by atoms with Gasteiger partial charge in [-0.15, -0.1) is 0 Å². The van der Waals surface area contributed by atoms with Crippen molar-refractivity contribution in [1.29, 1.82) is 0 Å².